The van der Waals surface area contributed by atoms with E-state index in [1.165, 1.54) is 42.3 Å². The summed E-state index contributed by atoms with van der Waals surface area (Å²) in [5, 5.41) is 22.6. The zero-order chi connectivity index (χ0) is 19.6. The van der Waals surface area contributed by atoms with Gasteiger partial charge in [0, 0.05) is 37.0 Å². The summed E-state index contributed by atoms with van der Waals surface area (Å²) in [5.74, 6) is 0. The van der Waals surface area contributed by atoms with Crippen LogP contribution in [0.15, 0.2) is 41.3 Å². The molecule has 0 spiro atoms. The molecular formula is C15H14ClN3O6S. The number of nitrogens with zero attached hydrogens (tertiary/aromatic N) is 3. The number of hydrogen-bond donors (Lipinski definition) is 0. The molecule has 0 aromatic heterocycles. The van der Waals surface area contributed by atoms with Crippen LogP contribution in [0.4, 0.5) is 17.1 Å². The molecule has 11 heteroatoms. The van der Waals surface area contributed by atoms with Gasteiger partial charge in [0.2, 0.25) is 0 Å². The molecule has 0 radical (unpaired) electrons. The number of hydrogen-bond acceptors (Lipinski definition) is 7. The molecule has 26 heavy (non-hydrogen) atoms. The molecule has 2 rings (SSSR count). The number of benzene rings is 2. The largest absolute Gasteiger partial charge is 0.365 e. The molecule has 2 aromatic carbocycles. The van der Waals surface area contributed by atoms with E-state index >= 15 is 0 Å². The Labute approximate surface area is 154 Å². The molecule has 0 saturated heterocycles. The number of halogens is 1. The summed E-state index contributed by atoms with van der Waals surface area (Å²) >= 11 is 6.06. The third-order valence-electron chi connectivity index (χ3n) is 3.62. The van der Waals surface area contributed by atoms with E-state index in [0.29, 0.717) is 5.56 Å². The van der Waals surface area contributed by atoms with Crippen molar-refractivity contribution in [3.8, 4) is 0 Å². The highest BCUT2D eigenvalue weighted by Gasteiger charge is 2.28. The first-order chi connectivity index (χ1) is 12.0. The standard InChI is InChI=1S/C15H14ClN3O6S/c1-17(9-10-8-11(18(20)21)6-7-12(10)16)13-4-3-5-14(26(2,24)25)15(13)19(22)23/h3-8H,9H2,1-2H3. The van der Waals surface area contributed by atoms with Crippen molar-refractivity contribution in [3.63, 3.8) is 0 Å². The van der Waals surface area contributed by atoms with Crippen molar-refractivity contribution in [1.29, 1.82) is 0 Å². The number of non-ortho nitro benzene ring substituents is 1. The summed E-state index contributed by atoms with van der Waals surface area (Å²) in [6.45, 7) is 0.00850. The zero-order valence-corrected chi connectivity index (χ0v) is 15.3. The zero-order valence-electron chi connectivity index (χ0n) is 13.7. The van der Waals surface area contributed by atoms with Crippen molar-refractivity contribution >= 4 is 38.5 Å². The number of rotatable bonds is 6. The molecule has 0 aliphatic heterocycles. The lowest BCUT2D eigenvalue weighted by Gasteiger charge is -2.20. The number of para-hydroxylation sites is 1. The first kappa shape index (κ1) is 19.6. The van der Waals surface area contributed by atoms with E-state index in [0.717, 1.165) is 12.3 Å². The Morgan fingerprint density at radius 2 is 1.77 bits per heavy atom. The van der Waals surface area contributed by atoms with Crippen LogP contribution >= 0.6 is 11.6 Å². The quantitative estimate of drug-likeness (QED) is 0.539. The van der Waals surface area contributed by atoms with Crippen molar-refractivity contribution in [2.75, 3.05) is 18.2 Å². The minimum absolute atomic E-state index is 0.00850. The molecule has 0 saturated carbocycles. The van der Waals surface area contributed by atoms with E-state index in [2.05, 4.69) is 0 Å². The van der Waals surface area contributed by atoms with E-state index in [4.69, 9.17) is 11.6 Å². The van der Waals surface area contributed by atoms with Crippen molar-refractivity contribution in [3.05, 3.63) is 67.2 Å². The van der Waals surface area contributed by atoms with Crippen molar-refractivity contribution < 1.29 is 18.3 Å². The Hall–Kier alpha value is -2.72. The summed E-state index contributed by atoms with van der Waals surface area (Å²) in [7, 11) is -2.31. The maximum absolute atomic E-state index is 11.8. The summed E-state index contributed by atoms with van der Waals surface area (Å²) in [5.41, 5.74) is -0.292. The predicted molar refractivity (Wildman–Crippen MR) is 96.4 cm³/mol. The summed E-state index contributed by atoms with van der Waals surface area (Å²) < 4.78 is 23.7. The highest BCUT2D eigenvalue weighted by molar-refractivity contribution is 7.90. The van der Waals surface area contributed by atoms with Crippen LogP contribution in [-0.4, -0.2) is 31.6 Å². The van der Waals surface area contributed by atoms with Gasteiger partial charge in [-0.05, 0) is 23.8 Å². The van der Waals surface area contributed by atoms with Gasteiger partial charge in [0.15, 0.2) is 9.84 Å². The van der Waals surface area contributed by atoms with Gasteiger partial charge in [0.25, 0.3) is 5.69 Å². The van der Waals surface area contributed by atoms with Crippen molar-refractivity contribution in [2.24, 2.45) is 0 Å². The molecule has 0 aliphatic carbocycles. The fourth-order valence-corrected chi connectivity index (χ4v) is 3.47. The lowest BCUT2D eigenvalue weighted by Crippen LogP contribution is -2.19. The second-order valence-corrected chi connectivity index (χ2v) is 7.93. The van der Waals surface area contributed by atoms with Crippen LogP contribution in [-0.2, 0) is 16.4 Å². The lowest BCUT2D eigenvalue weighted by atomic mass is 10.1. The lowest BCUT2D eigenvalue weighted by molar-refractivity contribution is -0.387. The van der Waals surface area contributed by atoms with E-state index in [1.807, 2.05) is 0 Å². The third-order valence-corrected chi connectivity index (χ3v) is 5.12. The monoisotopic (exact) mass is 399 g/mol. The van der Waals surface area contributed by atoms with Crippen LogP contribution in [0.25, 0.3) is 0 Å². The van der Waals surface area contributed by atoms with Crippen LogP contribution in [0.3, 0.4) is 0 Å². The molecule has 0 N–H and O–H groups in total. The van der Waals surface area contributed by atoms with Gasteiger partial charge in [-0.2, -0.15) is 0 Å². The third kappa shape index (κ3) is 4.09. The SMILES string of the molecule is CN(Cc1cc([N+](=O)[O-])ccc1Cl)c1cccc(S(C)(=O)=O)c1[N+](=O)[O-]. The van der Waals surface area contributed by atoms with E-state index in [-0.39, 0.29) is 22.9 Å². The Bertz CT molecular complexity index is 993. The molecular weight excluding hydrogens is 386 g/mol. The Kier molecular flexibility index (Phi) is 5.47. The molecule has 0 atom stereocenters. The van der Waals surface area contributed by atoms with Gasteiger partial charge in [0.1, 0.15) is 10.6 Å². The molecule has 138 valence electrons. The van der Waals surface area contributed by atoms with Gasteiger partial charge >= 0.3 is 5.69 Å². The van der Waals surface area contributed by atoms with Gasteiger partial charge in [-0.1, -0.05) is 17.7 Å². The normalized spacial score (nSPS) is 11.2. The molecule has 0 aliphatic rings. The van der Waals surface area contributed by atoms with E-state index in [1.54, 1.807) is 0 Å². The van der Waals surface area contributed by atoms with Crippen LogP contribution in [0.1, 0.15) is 5.56 Å². The molecule has 0 unspecified atom stereocenters. The van der Waals surface area contributed by atoms with Gasteiger partial charge in [-0.15, -0.1) is 0 Å². The fourth-order valence-electron chi connectivity index (χ4n) is 2.44. The van der Waals surface area contributed by atoms with Crippen LogP contribution in [0.2, 0.25) is 5.02 Å². The van der Waals surface area contributed by atoms with Gasteiger partial charge in [-0.25, -0.2) is 8.42 Å². The van der Waals surface area contributed by atoms with Gasteiger partial charge in [0.05, 0.1) is 9.85 Å². The number of nitro groups is 2. The van der Waals surface area contributed by atoms with Gasteiger partial charge in [-0.3, -0.25) is 20.2 Å². The van der Waals surface area contributed by atoms with Crippen LogP contribution in [0.5, 0.6) is 0 Å². The summed E-state index contributed by atoms with van der Waals surface area (Å²) in [4.78, 5) is 22.0. The highest BCUT2D eigenvalue weighted by Crippen LogP contribution is 2.35. The summed E-state index contributed by atoms with van der Waals surface area (Å²) in [6.07, 6.45) is 0.885. The molecule has 2 aromatic rings. The highest BCUT2D eigenvalue weighted by atomic mass is 35.5. The predicted octanol–water partition coefficient (Wildman–Crippen LogP) is 3.20. The molecule has 0 fully saturated rings. The topological polar surface area (TPSA) is 124 Å². The first-order valence-electron chi connectivity index (χ1n) is 7.13. The Morgan fingerprint density at radius 3 is 2.31 bits per heavy atom. The maximum atomic E-state index is 11.8. The smallest absolute Gasteiger partial charge is 0.311 e. The summed E-state index contributed by atoms with van der Waals surface area (Å²) in [6, 6.07) is 7.83. The van der Waals surface area contributed by atoms with Crippen molar-refractivity contribution in [2.45, 2.75) is 11.4 Å². The molecule has 0 bridgehead atoms. The van der Waals surface area contributed by atoms with Crippen LogP contribution in [0, 0.1) is 20.2 Å². The van der Waals surface area contributed by atoms with E-state index < -0.39 is 30.3 Å². The number of anilines is 1. The minimum atomic E-state index is -3.82. The number of nitro benzene ring substituents is 2. The van der Waals surface area contributed by atoms with E-state index in [9.17, 15) is 28.6 Å². The molecule has 0 amide bonds. The van der Waals surface area contributed by atoms with Crippen molar-refractivity contribution in [1.82, 2.24) is 0 Å². The average Bonchev–Trinajstić information content (AvgIpc) is 2.54. The average molecular weight is 400 g/mol. The second kappa shape index (κ2) is 7.26. The molecule has 9 nitrogen and oxygen atoms in total. The second-order valence-electron chi connectivity index (χ2n) is 5.54. The number of sulfone groups is 1. The molecule has 0 heterocycles. The minimum Gasteiger partial charge on any atom is -0.365 e. The maximum Gasteiger partial charge on any atom is 0.311 e. The van der Waals surface area contributed by atoms with Gasteiger partial charge < -0.3 is 4.90 Å². The van der Waals surface area contributed by atoms with Crippen LogP contribution < -0.4 is 4.90 Å². The fraction of sp³-hybridized carbons (Fsp3) is 0.200. The first-order valence-corrected chi connectivity index (χ1v) is 9.40. The Balaban J connectivity index is 2.52. The Morgan fingerprint density at radius 1 is 1.12 bits per heavy atom.